The maximum atomic E-state index is 13.7. The van der Waals surface area contributed by atoms with Crippen LogP contribution >= 0.6 is 0 Å². The average molecular weight is 399 g/mol. The van der Waals surface area contributed by atoms with Crippen LogP contribution in [0.5, 0.6) is 0 Å². The topological polar surface area (TPSA) is 79.3 Å². The molecule has 0 radical (unpaired) electrons. The van der Waals surface area contributed by atoms with Crippen LogP contribution < -0.4 is 10.6 Å². The molecule has 0 bridgehead atoms. The van der Waals surface area contributed by atoms with Crippen molar-refractivity contribution in [1.29, 1.82) is 0 Å². The summed E-state index contributed by atoms with van der Waals surface area (Å²) in [5.74, 6) is -0.290. The van der Waals surface area contributed by atoms with E-state index >= 15 is 0 Å². The maximum absolute atomic E-state index is 13.7. The normalized spacial score (nSPS) is 15.8. The monoisotopic (exact) mass is 399 g/mol. The van der Waals surface area contributed by atoms with E-state index in [0.717, 1.165) is 29.8 Å². The highest BCUT2D eigenvalue weighted by atomic mass is 19.1. The summed E-state index contributed by atoms with van der Waals surface area (Å²) in [5.41, 5.74) is 3.96. The number of anilines is 1. The fourth-order valence-electron chi connectivity index (χ4n) is 3.68. The molecule has 0 spiro atoms. The zero-order chi connectivity index (χ0) is 20.5. The third kappa shape index (κ3) is 4.41. The average Bonchev–Trinajstić information content (AvgIpc) is 3.45. The molecule has 2 N–H and O–H groups in total. The molecule has 29 heavy (non-hydrogen) atoms. The molecule has 3 amide bonds. The van der Waals surface area contributed by atoms with E-state index in [0.29, 0.717) is 49.6 Å². The predicted molar refractivity (Wildman–Crippen MR) is 107 cm³/mol. The summed E-state index contributed by atoms with van der Waals surface area (Å²) in [7, 11) is 1.90. The van der Waals surface area contributed by atoms with Gasteiger partial charge in [-0.05, 0) is 37.5 Å². The molecular formula is C21H26FN5O2. The van der Waals surface area contributed by atoms with Gasteiger partial charge in [0.1, 0.15) is 5.82 Å². The summed E-state index contributed by atoms with van der Waals surface area (Å²) < 4.78 is 15.6. The van der Waals surface area contributed by atoms with Crippen LogP contribution in [0.3, 0.4) is 0 Å². The summed E-state index contributed by atoms with van der Waals surface area (Å²) in [5, 5.41) is 10.4. The van der Waals surface area contributed by atoms with E-state index in [1.807, 2.05) is 11.7 Å². The van der Waals surface area contributed by atoms with Crippen LogP contribution in [-0.4, -0.2) is 39.2 Å². The van der Waals surface area contributed by atoms with Gasteiger partial charge in [0.15, 0.2) is 0 Å². The number of amides is 3. The number of aromatic nitrogens is 2. The molecule has 1 aliphatic heterocycles. The Morgan fingerprint density at radius 2 is 2.10 bits per heavy atom. The fraction of sp³-hybridized carbons (Fsp3) is 0.476. The van der Waals surface area contributed by atoms with Gasteiger partial charge >= 0.3 is 6.03 Å². The van der Waals surface area contributed by atoms with Crippen molar-refractivity contribution in [3.63, 3.8) is 0 Å². The lowest BCUT2D eigenvalue weighted by atomic mass is 10.0. The molecule has 2 aliphatic rings. The Hall–Kier alpha value is -2.90. The molecule has 2 aromatic rings. The number of rotatable bonds is 5. The summed E-state index contributed by atoms with van der Waals surface area (Å²) in [4.78, 5) is 26.4. The number of nitrogens with one attached hydrogen (secondary N) is 2. The van der Waals surface area contributed by atoms with Gasteiger partial charge in [0.25, 0.3) is 0 Å². The summed E-state index contributed by atoms with van der Waals surface area (Å²) in [6.07, 6.45) is 3.79. The molecule has 4 rings (SSSR count). The lowest BCUT2D eigenvalue weighted by Crippen LogP contribution is -2.39. The van der Waals surface area contributed by atoms with Crippen molar-refractivity contribution >= 4 is 17.6 Å². The second-order valence-corrected chi connectivity index (χ2v) is 7.90. The van der Waals surface area contributed by atoms with Crippen LogP contribution in [-0.2, 0) is 31.2 Å². The van der Waals surface area contributed by atoms with Crippen LogP contribution in [0.15, 0.2) is 18.2 Å². The Kier molecular flexibility index (Phi) is 5.25. The van der Waals surface area contributed by atoms with E-state index in [1.165, 1.54) is 6.07 Å². The maximum Gasteiger partial charge on any atom is 0.322 e. The number of carbonyl (C=O) groups is 2. The molecule has 0 saturated heterocycles. The number of carbonyl (C=O) groups excluding carboxylic acids is 2. The number of benzene rings is 1. The molecule has 0 atom stereocenters. The van der Waals surface area contributed by atoms with E-state index in [2.05, 4.69) is 15.7 Å². The van der Waals surface area contributed by atoms with Crippen molar-refractivity contribution in [3.8, 4) is 0 Å². The predicted octanol–water partition coefficient (Wildman–Crippen LogP) is 2.67. The largest absolute Gasteiger partial charge is 0.353 e. The summed E-state index contributed by atoms with van der Waals surface area (Å²) >= 11 is 0. The minimum Gasteiger partial charge on any atom is -0.353 e. The first-order chi connectivity index (χ1) is 13.9. The smallest absolute Gasteiger partial charge is 0.322 e. The fourth-order valence-corrected chi connectivity index (χ4v) is 3.68. The number of aryl methyl sites for hydroxylation is 3. The first-order valence-electron chi connectivity index (χ1n) is 10.1. The van der Waals surface area contributed by atoms with Gasteiger partial charge in [0, 0.05) is 55.8 Å². The number of urea groups is 1. The molecule has 2 heterocycles. The minimum absolute atomic E-state index is 0.0544. The molecule has 1 aromatic carbocycles. The van der Waals surface area contributed by atoms with Crippen molar-refractivity contribution in [2.45, 2.75) is 51.6 Å². The van der Waals surface area contributed by atoms with Gasteiger partial charge < -0.3 is 15.5 Å². The molecule has 7 nitrogen and oxygen atoms in total. The van der Waals surface area contributed by atoms with Gasteiger partial charge in [-0.1, -0.05) is 6.07 Å². The summed E-state index contributed by atoms with van der Waals surface area (Å²) in [6, 6.07) is 4.76. The standard InChI is InChI=1S/C21H26FN5O2/c1-13-3-4-15(11-17(13)22)24-21(29)27-10-9-19-16(12-27)18(25-26(19)2)7-8-20(28)23-14-5-6-14/h3-4,11,14H,5-10,12H2,1-2H3,(H,23,28)(H,24,29). The minimum atomic E-state index is -0.345. The second-order valence-electron chi connectivity index (χ2n) is 7.90. The number of halogens is 1. The Morgan fingerprint density at radius 3 is 2.83 bits per heavy atom. The van der Waals surface area contributed by atoms with Crippen LogP contribution in [0.2, 0.25) is 0 Å². The van der Waals surface area contributed by atoms with E-state index in [4.69, 9.17) is 0 Å². The van der Waals surface area contributed by atoms with Crippen LogP contribution in [0, 0.1) is 12.7 Å². The zero-order valence-corrected chi connectivity index (χ0v) is 16.8. The van der Waals surface area contributed by atoms with Crippen molar-refractivity contribution in [2.24, 2.45) is 7.05 Å². The Balaban J connectivity index is 1.41. The SMILES string of the molecule is Cc1ccc(NC(=O)N2CCc3c(c(CCC(=O)NC4CC4)nn3C)C2)cc1F. The highest BCUT2D eigenvalue weighted by molar-refractivity contribution is 5.89. The highest BCUT2D eigenvalue weighted by Gasteiger charge is 2.28. The number of hydrogen-bond donors (Lipinski definition) is 2. The van der Waals surface area contributed by atoms with Crippen LogP contribution in [0.4, 0.5) is 14.9 Å². The molecule has 1 aromatic heterocycles. The molecule has 1 aliphatic carbocycles. The van der Waals surface area contributed by atoms with Gasteiger partial charge in [0.2, 0.25) is 5.91 Å². The van der Waals surface area contributed by atoms with Gasteiger partial charge in [-0.15, -0.1) is 0 Å². The van der Waals surface area contributed by atoms with E-state index in [1.54, 1.807) is 24.0 Å². The van der Waals surface area contributed by atoms with E-state index < -0.39 is 0 Å². The number of fused-ring (bicyclic) bond motifs is 1. The van der Waals surface area contributed by atoms with Gasteiger partial charge in [-0.3, -0.25) is 9.48 Å². The second kappa shape index (κ2) is 7.85. The lowest BCUT2D eigenvalue weighted by Gasteiger charge is -2.28. The zero-order valence-electron chi connectivity index (χ0n) is 16.8. The number of nitrogens with zero attached hydrogens (tertiary/aromatic N) is 3. The van der Waals surface area contributed by atoms with Crippen LogP contribution in [0.25, 0.3) is 0 Å². The van der Waals surface area contributed by atoms with E-state index in [9.17, 15) is 14.0 Å². The van der Waals surface area contributed by atoms with Crippen molar-refractivity contribution in [1.82, 2.24) is 20.0 Å². The Labute approximate surface area is 169 Å². The molecule has 1 saturated carbocycles. The Morgan fingerprint density at radius 1 is 1.31 bits per heavy atom. The molecule has 8 heteroatoms. The van der Waals surface area contributed by atoms with Crippen molar-refractivity contribution in [2.75, 3.05) is 11.9 Å². The molecule has 0 unspecified atom stereocenters. The van der Waals surface area contributed by atoms with Crippen LogP contribution in [0.1, 0.15) is 41.8 Å². The first-order valence-corrected chi connectivity index (χ1v) is 10.1. The third-order valence-corrected chi connectivity index (χ3v) is 5.57. The third-order valence-electron chi connectivity index (χ3n) is 5.57. The van der Waals surface area contributed by atoms with Gasteiger partial charge in [-0.2, -0.15) is 5.10 Å². The van der Waals surface area contributed by atoms with Crippen molar-refractivity contribution in [3.05, 3.63) is 46.5 Å². The molecule has 154 valence electrons. The van der Waals surface area contributed by atoms with Gasteiger partial charge in [0.05, 0.1) is 12.2 Å². The van der Waals surface area contributed by atoms with Gasteiger partial charge in [-0.25, -0.2) is 9.18 Å². The molecular weight excluding hydrogens is 373 g/mol. The highest BCUT2D eigenvalue weighted by Crippen LogP contribution is 2.24. The molecule has 1 fully saturated rings. The quantitative estimate of drug-likeness (QED) is 0.811. The van der Waals surface area contributed by atoms with Crippen molar-refractivity contribution < 1.29 is 14.0 Å². The first kappa shape index (κ1) is 19.4. The Bertz CT molecular complexity index is 951. The summed E-state index contributed by atoms with van der Waals surface area (Å²) in [6.45, 7) is 2.68. The van der Waals surface area contributed by atoms with E-state index in [-0.39, 0.29) is 17.8 Å². The lowest BCUT2D eigenvalue weighted by molar-refractivity contribution is -0.121. The number of hydrogen-bond acceptors (Lipinski definition) is 3.